The number of nitrogens with one attached hydrogen (secondary N) is 1. The van der Waals surface area contributed by atoms with Crippen molar-refractivity contribution in [3.63, 3.8) is 0 Å². The average molecular weight is 283 g/mol. The lowest BCUT2D eigenvalue weighted by atomic mass is 9.91. The Hall–Kier alpha value is -1.38. The van der Waals surface area contributed by atoms with Crippen LogP contribution in [0.1, 0.15) is 38.9 Å². The summed E-state index contributed by atoms with van der Waals surface area (Å²) >= 11 is 0. The summed E-state index contributed by atoms with van der Waals surface area (Å²) in [7, 11) is 0. The summed E-state index contributed by atoms with van der Waals surface area (Å²) in [6.07, 6.45) is 1.22. The van der Waals surface area contributed by atoms with Gasteiger partial charge in [0.2, 0.25) is 0 Å². The van der Waals surface area contributed by atoms with Crippen molar-refractivity contribution in [2.24, 2.45) is 5.92 Å². The Labute approximate surface area is 127 Å². The monoisotopic (exact) mass is 283 g/mol. The van der Waals surface area contributed by atoms with Crippen LogP contribution in [0.2, 0.25) is 0 Å². The SMILES string of the molecule is CC(C)CC1(C)CNCC(c2cccc3ccccc23)O1. The van der Waals surface area contributed by atoms with E-state index in [2.05, 4.69) is 68.6 Å². The highest BCUT2D eigenvalue weighted by atomic mass is 16.5. The standard InChI is InChI=1S/C19H25NO/c1-14(2)11-19(3)13-20-12-18(21-19)17-10-6-8-15-7-4-5-9-16(15)17/h4-10,14,18,20H,11-13H2,1-3H3. The molecule has 2 nitrogen and oxygen atoms in total. The smallest absolute Gasteiger partial charge is 0.0963 e. The Morgan fingerprint density at radius 3 is 2.76 bits per heavy atom. The fourth-order valence-electron chi connectivity index (χ4n) is 3.58. The molecule has 2 aromatic carbocycles. The summed E-state index contributed by atoms with van der Waals surface area (Å²) in [5.74, 6) is 0.642. The number of fused-ring (bicyclic) bond motifs is 1. The number of hydrogen-bond acceptors (Lipinski definition) is 2. The fraction of sp³-hybridized carbons (Fsp3) is 0.474. The molecular formula is C19H25NO. The van der Waals surface area contributed by atoms with Crippen LogP contribution in [-0.2, 0) is 4.74 Å². The molecule has 0 spiro atoms. The Kier molecular flexibility index (Phi) is 4.01. The predicted octanol–water partition coefficient (Wildman–Crippen LogP) is 4.31. The fourth-order valence-corrected chi connectivity index (χ4v) is 3.58. The van der Waals surface area contributed by atoms with Crippen molar-refractivity contribution in [2.45, 2.75) is 38.9 Å². The third-order valence-electron chi connectivity index (χ3n) is 4.27. The Morgan fingerprint density at radius 1 is 1.19 bits per heavy atom. The molecule has 0 aliphatic carbocycles. The van der Waals surface area contributed by atoms with Gasteiger partial charge in [0.15, 0.2) is 0 Å². The molecule has 0 amide bonds. The van der Waals surface area contributed by atoms with Crippen LogP contribution < -0.4 is 5.32 Å². The molecule has 112 valence electrons. The molecule has 1 fully saturated rings. The van der Waals surface area contributed by atoms with Crippen LogP contribution in [0.5, 0.6) is 0 Å². The molecule has 1 N–H and O–H groups in total. The van der Waals surface area contributed by atoms with Crippen LogP contribution in [0.4, 0.5) is 0 Å². The minimum absolute atomic E-state index is 0.0754. The van der Waals surface area contributed by atoms with Crippen molar-refractivity contribution in [3.8, 4) is 0 Å². The Balaban J connectivity index is 1.92. The number of rotatable bonds is 3. The minimum atomic E-state index is -0.0754. The summed E-state index contributed by atoms with van der Waals surface area (Å²) < 4.78 is 6.52. The third-order valence-corrected chi connectivity index (χ3v) is 4.27. The molecule has 0 radical (unpaired) electrons. The largest absolute Gasteiger partial charge is 0.365 e. The van der Waals surface area contributed by atoms with Crippen molar-refractivity contribution in [1.82, 2.24) is 5.32 Å². The van der Waals surface area contributed by atoms with Crippen LogP contribution in [-0.4, -0.2) is 18.7 Å². The van der Waals surface area contributed by atoms with Gasteiger partial charge in [-0.2, -0.15) is 0 Å². The molecule has 0 bridgehead atoms. The lowest BCUT2D eigenvalue weighted by molar-refractivity contribution is -0.116. The van der Waals surface area contributed by atoms with E-state index in [-0.39, 0.29) is 11.7 Å². The van der Waals surface area contributed by atoms with Gasteiger partial charge in [0, 0.05) is 13.1 Å². The van der Waals surface area contributed by atoms with Crippen molar-refractivity contribution in [2.75, 3.05) is 13.1 Å². The van der Waals surface area contributed by atoms with Gasteiger partial charge < -0.3 is 10.1 Å². The van der Waals surface area contributed by atoms with E-state index in [4.69, 9.17) is 4.74 Å². The first-order chi connectivity index (χ1) is 10.1. The van der Waals surface area contributed by atoms with E-state index in [0.717, 1.165) is 19.5 Å². The lowest BCUT2D eigenvalue weighted by Crippen LogP contribution is -2.49. The molecule has 0 saturated carbocycles. The second-order valence-corrected chi connectivity index (χ2v) is 6.85. The first kappa shape index (κ1) is 14.6. The zero-order valence-electron chi connectivity index (χ0n) is 13.2. The van der Waals surface area contributed by atoms with Gasteiger partial charge in [-0.25, -0.2) is 0 Å². The zero-order chi connectivity index (χ0) is 14.9. The molecule has 2 aromatic rings. The van der Waals surface area contributed by atoms with E-state index in [0.29, 0.717) is 5.92 Å². The van der Waals surface area contributed by atoms with Gasteiger partial charge in [-0.3, -0.25) is 0 Å². The first-order valence-electron chi connectivity index (χ1n) is 7.94. The molecule has 0 aromatic heterocycles. The molecule has 1 aliphatic rings. The first-order valence-corrected chi connectivity index (χ1v) is 7.94. The summed E-state index contributed by atoms with van der Waals surface area (Å²) in [5, 5.41) is 6.16. The van der Waals surface area contributed by atoms with E-state index in [1.165, 1.54) is 16.3 Å². The molecule has 2 unspecified atom stereocenters. The second kappa shape index (κ2) is 5.78. The number of hydrogen-bond donors (Lipinski definition) is 1. The van der Waals surface area contributed by atoms with Gasteiger partial charge in [0.05, 0.1) is 11.7 Å². The average Bonchev–Trinajstić information content (AvgIpc) is 2.45. The normalized spacial score (nSPS) is 26.4. The van der Waals surface area contributed by atoms with E-state index in [9.17, 15) is 0 Å². The number of morpholine rings is 1. The summed E-state index contributed by atoms with van der Waals surface area (Å²) in [6.45, 7) is 8.58. The van der Waals surface area contributed by atoms with E-state index < -0.39 is 0 Å². The van der Waals surface area contributed by atoms with Gasteiger partial charge in [-0.1, -0.05) is 56.3 Å². The molecule has 2 atom stereocenters. The van der Waals surface area contributed by atoms with Crippen molar-refractivity contribution >= 4 is 10.8 Å². The van der Waals surface area contributed by atoms with Crippen molar-refractivity contribution in [3.05, 3.63) is 48.0 Å². The molecule has 21 heavy (non-hydrogen) atoms. The van der Waals surface area contributed by atoms with E-state index in [1.807, 2.05) is 0 Å². The number of ether oxygens (including phenoxy) is 1. The Bertz CT molecular complexity index is 616. The van der Waals surface area contributed by atoms with Crippen molar-refractivity contribution < 1.29 is 4.74 Å². The van der Waals surface area contributed by atoms with Gasteiger partial charge >= 0.3 is 0 Å². The van der Waals surface area contributed by atoms with Crippen LogP contribution in [0, 0.1) is 5.92 Å². The molecule has 2 heteroatoms. The van der Waals surface area contributed by atoms with Crippen LogP contribution in [0.15, 0.2) is 42.5 Å². The topological polar surface area (TPSA) is 21.3 Å². The maximum atomic E-state index is 6.52. The molecule has 1 saturated heterocycles. The summed E-state index contributed by atoms with van der Waals surface area (Å²) in [5.41, 5.74) is 1.23. The summed E-state index contributed by atoms with van der Waals surface area (Å²) in [4.78, 5) is 0. The second-order valence-electron chi connectivity index (χ2n) is 6.85. The van der Waals surface area contributed by atoms with Gasteiger partial charge in [0.25, 0.3) is 0 Å². The van der Waals surface area contributed by atoms with Crippen molar-refractivity contribution in [1.29, 1.82) is 0 Å². The van der Waals surface area contributed by atoms with Crippen LogP contribution in [0.3, 0.4) is 0 Å². The highest BCUT2D eigenvalue weighted by Gasteiger charge is 2.34. The predicted molar refractivity (Wildman–Crippen MR) is 88.5 cm³/mol. The minimum Gasteiger partial charge on any atom is -0.365 e. The molecular weight excluding hydrogens is 258 g/mol. The van der Waals surface area contributed by atoms with E-state index >= 15 is 0 Å². The Morgan fingerprint density at radius 2 is 1.95 bits per heavy atom. The highest BCUT2D eigenvalue weighted by molar-refractivity contribution is 5.86. The van der Waals surface area contributed by atoms with Crippen LogP contribution in [0.25, 0.3) is 10.8 Å². The van der Waals surface area contributed by atoms with E-state index in [1.54, 1.807) is 0 Å². The van der Waals surface area contributed by atoms with Crippen LogP contribution >= 0.6 is 0 Å². The molecule has 3 rings (SSSR count). The zero-order valence-corrected chi connectivity index (χ0v) is 13.2. The van der Waals surface area contributed by atoms with Gasteiger partial charge in [-0.15, -0.1) is 0 Å². The van der Waals surface area contributed by atoms with Gasteiger partial charge in [-0.05, 0) is 35.6 Å². The number of benzene rings is 2. The molecule has 1 heterocycles. The lowest BCUT2D eigenvalue weighted by Gasteiger charge is -2.41. The maximum absolute atomic E-state index is 6.52. The van der Waals surface area contributed by atoms with Gasteiger partial charge in [0.1, 0.15) is 0 Å². The summed E-state index contributed by atoms with van der Waals surface area (Å²) in [6, 6.07) is 15.1. The maximum Gasteiger partial charge on any atom is 0.0963 e. The third kappa shape index (κ3) is 3.12. The quantitative estimate of drug-likeness (QED) is 0.906. The molecule has 1 aliphatic heterocycles. The highest BCUT2D eigenvalue weighted by Crippen LogP contribution is 2.34.